The van der Waals surface area contributed by atoms with Crippen LogP contribution in [0, 0.1) is 0 Å². The molecular weight excluding hydrogens is 659 g/mol. The van der Waals surface area contributed by atoms with Gasteiger partial charge in [0.2, 0.25) is 0 Å². The van der Waals surface area contributed by atoms with Crippen molar-refractivity contribution in [1.82, 2.24) is 4.98 Å². The number of hydrogen-bond acceptors (Lipinski definition) is 2. The van der Waals surface area contributed by atoms with Crippen molar-refractivity contribution in [3.05, 3.63) is 34.3 Å². The first-order valence-corrected chi connectivity index (χ1v) is 18.6. The van der Waals surface area contributed by atoms with E-state index in [9.17, 15) is 0 Å². The Balaban J connectivity index is 0.000000491. The van der Waals surface area contributed by atoms with Crippen LogP contribution < -0.4 is 23.0 Å². The highest BCUT2D eigenvalue weighted by molar-refractivity contribution is 7.80. The number of unbranched alkanes of at least 4 members (excludes halogenated alkanes) is 4. The highest BCUT2D eigenvalue weighted by Gasteiger charge is 2.24. The molecule has 0 saturated heterocycles. The predicted octanol–water partition coefficient (Wildman–Crippen LogP) is 9.71. The lowest BCUT2D eigenvalue weighted by molar-refractivity contribution is -0.929. The molecule has 0 unspecified atom stereocenters. The van der Waals surface area contributed by atoms with Gasteiger partial charge in [-0.15, -0.1) is 0 Å². The van der Waals surface area contributed by atoms with Crippen molar-refractivity contribution in [2.45, 2.75) is 119 Å². The fourth-order valence-electron chi connectivity index (χ4n) is 5.75. The first-order chi connectivity index (χ1) is 21.2. The van der Waals surface area contributed by atoms with Gasteiger partial charge in [0, 0.05) is 20.8 Å². The van der Waals surface area contributed by atoms with Crippen molar-refractivity contribution < 1.29 is 16.9 Å². The van der Waals surface area contributed by atoms with Gasteiger partial charge in [-0.05, 0) is 75.6 Å². The predicted molar refractivity (Wildman–Crippen MR) is 207 cm³/mol. The van der Waals surface area contributed by atoms with Gasteiger partial charge in [0.05, 0.1) is 58.6 Å². The Hall–Kier alpha value is -1.15. The number of rotatable bonds is 18. The van der Waals surface area contributed by atoms with Crippen LogP contribution in [0.4, 0.5) is 11.4 Å². The van der Waals surface area contributed by atoms with E-state index in [0.717, 1.165) is 68.8 Å². The lowest BCUT2D eigenvalue weighted by Gasteiger charge is -2.39. The van der Waals surface area contributed by atoms with E-state index in [2.05, 4.69) is 57.2 Å². The third-order valence-electron chi connectivity index (χ3n) is 8.19. The van der Waals surface area contributed by atoms with E-state index in [4.69, 9.17) is 47.6 Å². The summed E-state index contributed by atoms with van der Waals surface area (Å²) in [7, 11) is 0. The molecular formula is C36H57Cl3N4S2. The minimum absolute atomic E-state index is 0. The summed E-state index contributed by atoms with van der Waals surface area (Å²) in [5, 5.41) is 9.90. The number of hydrogen-bond donors (Lipinski definition) is 3. The van der Waals surface area contributed by atoms with E-state index < -0.39 is 0 Å². The van der Waals surface area contributed by atoms with Crippen LogP contribution in [-0.4, -0.2) is 45.6 Å². The number of quaternary nitrogens is 1. The molecule has 0 amide bonds. The number of anilines is 2. The minimum atomic E-state index is 0. The summed E-state index contributed by atoms with van der Waals surface area (Å²) >= 11 is 23.6. The second kappa shape index (κ2) is 22.4. The Morgan fingerprint density at radius 3 is 1.22 bits per heavy atom. The van der Waals surface area contributed by atoms with E-state index in [1.165, 1.54) is 82.0 Å². The van der Waals surface area contributed by atoms with Gasteiger partial charge in [0.25, 0.3) is 0 Å². The van der Waals surface area contributed by atoms with Crippen LogP contribution in [0.3, 0.4) is 0 Å². The quantitative estimate of drug-likeness (QED) is 0.0907. The molecule has 3 N–H and O–H groups in total. The number of halogens is 3. The van der Waals surface area contributed by atoms with Crippen LogP contribution >= 0.6 is 47.6 Å². The molecule has 3 rings (SSSR count). The molecule has 0 fully saturated rings. The molecule has 0 aliphatic rings. The van der Waals surface area contributed by atoms with Crippen LogP contribution in [0.15, 0.2) is 24.3 Å². The number of nitrogens with one attached hydrogen (secondary N) is 3. The molecule has 0 bridgehead atoms. The maximum atomic E-state index is 6.38. The Kier molecular flexibility index (Phi) is 20.9. The van der Waals surface area contributed by atoms with Gasteiger partial charge in [-0.1, -0.05) is 115 Å². The lowest BCUT2D eigenvalue weighted by atomic mass is 10.1. The van der Waals surface area contributed by atoms with Crippen molar-refractivity contribution >= 4 is 90.8 Å². The number of aromatic amines is 1. The van der Waals surface area contributed by atoms with Crippen molar-refractivity contribution in [3.63, 3.8) is 0 Å². The van der Waals surface area contributed by atoms with E-state index in [0.29, 0.717) is 10.0 Å². The Bertz CT molecular complexity index is 1210. The first kappa shape index (κ1) is 41.9. The summed E-state index contributed by atoms with van der Waals surface area (Å²) in [6.07, 6.45) is 14.7. The summed E-state index contributed by atoms with van der Waals surface area (Å²) in [4.78, 5) is 5.09. The molecule has 2 aromatic carbocycles. The molecule has 0 atom stereocenters. The molecule has 45 heavy (non-hydrogen) atoms. The number of H-pyrrole nitrogens is 1. The van der Waals surface area contributed by atoms with Crippen LogP contribution in [-0.2, 0) is 0 Å². The van der Waals surface area contributed by atoms with Crippen LogP contribution in [0.2, 0.25) is 10.0 Å². The molecule has 4 nitrogen and oxygen atoms in total. The Labute approximate surface area is 300 Å². The molecule has 1 aromatic heterocycles. The van der Waals surface area contributed by atoms with Crippen molar-refractivity contribution in [2.75, 3.05) is 36.8 Å². The van der Waals surface area contributed by atoms with Crippen LogP contribution in [0.5, 0.6) is 0 Å². The number of benzene rings is 2. The number of aromatic nitrogens is 1. The van der Waals surface area contributed by atoms with Crippen molar-refractivity contribution in [3.8, 4) is 0 Å². The number of fused-ring (bicyclic) bond motifs is 3. The average molecular weight is 716 g/mol. The maximum absolute atomic E-state index is 6.38. The molecule has 0 saturated carbocycles. The van der Waals surface area contributed by atoms with Crippen molar-refractivity contribution in [1.29, 1.82) is 0 Å². The normalized spacial score (nSPS) is 11.2. The van der Waals surface area contributed by atoms with Gasteiger partial charge in [0.15, 0.2) is 0 Å². The largest absolute Gasteiger partial charge is 1.00 e. The first-order valence-electron chi connectivity index (χ1n) is 17.1. The maximum Gasteiger partial charge on any atom is 0.0797 e. The van der Waals surface area contributed by atoms with Crippen LogP contribution in [0.25, 0.3) is 21.8 Å². The Morgan fingerprint density at radius 1 is 0.600 bits per heavy atom. The van der Waals surface area contributed by atoms with Gasteiger partial charge in [-0.25, -0.2) is 0 Å². The molecule has 254 valence electrons. The Morgan fingerprint density at radius 2 is 0.933 bits per heavy atom. The van der Waals surface area contributed by atoms with Gasteiger partial charge in [-0.3, -0.25) is 0 Å². The lowest BCUT2D eigenvalue weighted by Crippen LogP contribution is -3.00. The third-order valence-corrected chi connectivity index (χ3v) is 9.24. The summed E-state index contributed by atoms with van der Waals surface area (Å²) in [5.74, 6) is 0. The fourth-order valence-corrected chi connectivity index (χ4v) is 6.82. The second-order valence-corrected chi connectivity index (χ2v) is 14.0. The standard InChI is InChI=1S/C20H21Cl2N3S2.C16H36N.ClH/c1-3-5-17(26)23-15-9-11(21)7-13-14-8-12(22)10-16(20(14)25-19(13)15)24-18(27)6-4-2;1-5-9-13-17(14-10-6-2,15-11-7-3)16-12-8-4;/h7-10,25H,3-6H2,1-2H3,(H,23,26)(H,24,27);5-16H2,1-4H3;1H/q;+1;/p-1. The van der Waals surface area contributed by atoms with Gasteiger partial charge in [0.1, 0.15) is 0 Å². The molecule has 9 heteroatoms. The number of thiocarbonyl (C=S) groups is 2. The third kappa shape index (κ3) is 13.5. The molecule has 0 aliphatic carbocycles. The van der Waals surface area contributed by atoms with E-state index in [-0.39, 0.29) is 12.4 Å². The SMILES string of the molecule is CCCC(=S)Nc1cc(Cl)cc2c1[nH]c1c(NC(=S)CCC)cc(Cl)cc12.CCCC[N+](CCCC)(CCCC)CCCC.[Cl-]. The zero-order valence-corrected chi connectivity index (χ0v) is 32.4. The molecule has 3 aromatic rings. The van der Waals surface area contributed by atoms with Crippen LogP contribution in [0.1, 0.15) is 119 Å². The molecule has 0 radical (unpaired) electrons. The topological polar surface area (TPSA) is 39.9 Å². The van der Waals surface area contributed by atoms with E-state index in [1.807, 2.05) is 24.3 Å². The average Bonchev–Trinajstić information content (AvgIpc) is 3.35. The monoisotopic (exact) mass is 714 g/mol. The van der Waals surface area contributed by atoms with Gasteiger partial charge >= 0.3 is 0 Å². The van der Waals surface area contributed by atoms with E-state index in [1.54, 1.807) is 0 Å². The molecule has 0 spiro atoms. The smallest absolute Gasteiger partial charge is 0.0797 e. The zero-order chi connectivity index (χ0) is 32.5. The molecule has 1 heterocycles. The highest BCUT2D eigenvalue weighted by atomic mass is 35.5. The minimum Gasteiger partial charge on any atom is -1.00 e. The van der Waals surface area contributed by atoms with E-state index >= 15 is 0 Å². The second-order valence-electron chi connectivity index (χ2n) is 12.1. The van der Waals surface area contributed by atoms with Crippen molar-refractivity contribution in [2.24, 2.45) is 0 Å². The summed E-state index contributed by atoms with van der Waals surface area (Å²) in [6.45, 7) is 19.2. The summed E-state index contributed by atoms with van der Waals surface area (Å²) < 4.78 is 1.42. The van der Waals surface area contributed by atoms with Gasteiger partial charge in [-0.2, -0.15) is 0 Å². The highest BCUT2D eigenvalue weighted by Crippen LogP contribution is 2.38. The summed E-state index contributed by atoms with van der Waals surface area (Å²) in [5.41, 5.74) is 3.62. The summed E-state index contributed by atoms with van der Waals surface area (Å²) in [6, 6.07) is 7.65. The van der Waals surface area contributed by atoms with Gasteiger partial charge < -0.3 is 32.5 Å². The molecule has 0 aliphatic heterocycles. The fraction of sp³-hybridized carbons (Fsp3) is 0.611. The zero-order valence-electron chi connectivity index (χ0n) is 28.5. The number of nitrogens with zero attached hydrogens (tertiary/aromatic N) is 1.